The number of hydrogen-bond donors (Lipinski definition) is 2. The van der Waals surface area contributed by atoms with Crippen molar-refractivity contribution in [3.05, 3.63) is 0 Å². The van der Waals surface area contributed by atoms with E-state index in [2.05, 4.69) is 38.2 Å². The number of carbonyl (C=O) groups excluding carboxylic acids is 1. The number of rotatable bonds is 9. The molecule has 1 unspecified atom stereocenters. The molecule has 4 nitrogen and oxygen atoms in total. The second-order valence-electron chi connectivity index (χ2n) is 4.80. The highest BCUT2D eigenvalue weighted by molar-refractivity contribution is 5.75. The van der Waals surface area contributed by atoms with Gasteiger partial charge in [-0.25, -0.2) is 0 Å². The lowest BCUT2D eigenvalue weighted by Crippen LogP contribution is -2.44. The van der Waals surface area contributed by atoms with Crippen molar-refractivity contribution in [1.82, 2.24) is 10.2 Å². The van der Waals surface area contributed by atoms with Crippen LogP contribution in [0.1, 0.15) is 39.5 Å². The minimum absolute atomic E-state index is 0.119. The Hall–Kier alpha value is -0.610. The maximum atomic E-state index is 11.5. The Morgan fingerprint density at radius 1 is 1.29 bits per heavy atom. The predicted molar refractivity (Wildman–Crippen MR) is 72.8 cm³/mol. The summed E-state index contributed by atoms with van der Waals surface area (Å²) in [5, 5.41) is 3.01. The molecule has 3 N–H and O–H groups in total. The zero-order chi connectivity index (χ0) is 13.3. The zero-order valence-corrected chi connectivity index (χ0v) is 11.8. The molecule has 0 aromatic rings. The van der Waals surface area contributed by atoms with Gasteiger partial charge in [0.25, 0.3) is 0 Å². The van der Waals surface area contributed by atoms with Gasteiger partial charge in [-0.1, -0.05) is 26.7 Å². The van der Waals surface area contributed by atoms with Crippen LogP contribution in [0.25, 0.3) is 0 Å². The van der Waals surface area contributed by atoms with Gasteiger partial charge in [-0.15, -0.1) is 0 Å². The van der Waals surface area contributed by atoms with E-state index in [1.807, 2.05) is 0 Å². The van der Waals surface area contributed by atoms with Gasteiger partial charge in [0.1, 0.15) is 0 Å². The molecule has 0 aromatic carbocycles. The molecule has 0 aromatic heterocycles. The van der Waals surface area contributed by atoms with Gasteiger partial charge in [-0.3, -0.25) is 4.79 Å². The fourth-order valence-electron chi connectivity index (χ4n) is 2.17. The predicted octanol–water partition coefficient (Wildman–Crippen LogP) is 1.21. The van der Waals surface area contributed by atoms with Gasteiger partial charge in [-0.2, -0.15) is 0 Å². The number of carbonyl (C=O) groups is 1. The largest absolute Gasteiger partial charge is 0.355 e. The van der Waals surface area contributed by atoms with Gasteiger partial charge in [0, 0.05) is 19.0 Å². The monoisotopic (exact) mass is 243 g/mol. The third-order valence-electron chi connectivity index (χ3n) is 3.37. The molecule has 0 aliphatic heterocycles. The molecule has 0 bridgehead atoms. The van der Waals surface area contributed by atoms with Crippen LogP contribution in [0.15, 0.2) is 0 Å². The Bertz CT molecular complexity index is 203. The van der Waals surface area contributed by atoms with E-state index in [4.69, 9.17) is 5.73 Å². The number of nitrogens with zero attached hydrogens (tertiary/aromatic N) is 1. The summed E-state index contributed by atoms with van der Waals surface area (Å²) in [7, 11) is 4.16. The average molecular weight is 243 g/mol. The third-order valence-corrected chi connectivity index (χ3v) is 3.37. The summed E-state index contributed by atoms with van der Waals surface area (Å²) in [6.45, 7) is 5.74. The fourth-order valence-corrected chi connectivity index (χ4v) is 2.17. The normalized spacial score (nSPS) is 13.1. The summed E-state index contributed by atoms with van der Waals surface area (Å²) in [6.07, 6.45) is 3.61. The van der Waals surface area contributed by atoms with Crippen molar-refractivity contribution < 1.29 is 4.79 Å². The molecule has 0 saturated heterocycles. The highest BCUT2D eigenvalue weighted by Gasteiger charge is 2.20. The van der Waals surface area contributed by atoms with Crippen molar-refractivity contribution in [1.29, 1.82) is 0 Å². The Morgan fingerprint density at radius 3 is 2.29 bits per heavy atom. The molecule has 0 heterocycles. The van der Waals surface area contributed by atoms with E-state index in [0.717, 1.165) is 25.8 Å². The molecule has 1 amide bonds. The molecule has 17 heavy (non-hydrogen) atoms. The Morgan fingerprint density at radius 2 is 1.88 bits per heavy atom. The molecule has 0 spiro atoms. The lowest BCUT2D eigenvalue weighted by molar-refractivity contribution is -0.121. The van der Waals surface area contributed by atoms with Gasteiger partial charge < -0.3 is 16.0 Å². The molecule has 0 aliphatic carbocycles. The minimum atomic E-state index is 0.119. The average Bonchev–Trinajstić information content (AvgIpc) is 2.31. The summed E-state index contributed by atoms with van der Waals surface area (Å²) in [6, 6.07) is 0.423. The van der Waals surface area contributed by atoms with Gasteiger partial charge in [0.05, 0.1) is 0 Å². The first kappa shape index (κ1) is 16.4. The lowest BCUT2D eigenvalue weighted by atomic mass is 9.93. The molecule has 4 heteroatoms. The second-order valence-corrected chi connectivity index (χ2v) is 4.80. The van der Waals surface area contributed by atoms with Crippen LogP contribution < -0.4 is 11.1 Å². The number of hydrogen-bond acceptors (Lipinski definition) is 3. The van der Waals surface area contributed by atoms with E-state index >= 15 is 0 Å². The van der Waals surface area contributed by atoms with E-state index in [1.54, 1.807) is 0 Å². The smallest absolute Gasteiger partial charge is 0.220 e. The van der Waals surface area contributed by atoms with Gasteiger partial charge in [0.2, 0.25) is 5.91 Å². The first-order chi connectivity index (χ1) is 8.06. The molecule has 0 saturated carbocycles. The van der Waals surface area contributed by atoms with Crippen LogP contribution in [0.2, 0.25) is 0 Å². The summed E-state index contributed by atoms with van der Waals surface area (Å²) < 4.78 is 0. The van der Waals surface area contributed by atoms with Crippen molar-refractivity contribution >= 4 is 5.91 Å². The van der Waals surface area contributed by atoms with Crippen molar-refractivity contribution in [2.45, 2.75) is 45.6 Å². The molecular weight excluding hydrogens is 214 g/mol. The van der Waals surface area contributed by atoms with E-state index < -0.39 is 0 Å². The number of amides is 1. The van der Waals surface area contributed by atoms with Gasteiger partial charge >= 0.3 is 0 Å². The van der Waals surface area contributed by atoms with Crippen LogP contribution in [-0.2, 0) is 4.79 Å². The summed E-state index contributed by atoms with van der Waals surface area (Å²) >= 11 is 0. The number of likely N-dealkylation sites (N-methyl/N-ethyl adjacent to an activating group) is 1. The van der Waals surface area contributed by atoms with Crippen LogP contribution in [0.3, 0.4) is 0 Å². The highest BCUT2D eigenvalue weighted by Crippen LogP contribution is 2.16. The molecule has 0 rings (SSSR count). The van der Waals surface area contributed by atoms with Crippen LogP contribution in [0, 0.1) is 5.92 Å². The molecule has 1 atom stereocenters. The summed E-state index contributed by atoms with van der Waals surface area (Å²) in [5.74, 6) is 0.757. The van der Waals surface area contributed by atoms with Crippen LogP contribution in [0.4, 0.5) is 0 Å². The van der Waals surface area contributed by atoms with E-state index in [0.29, 0.717) is 24.9 Å². The topological polar surface area (TPSA) is 58.4 Å². The van der Waals surface area contributed by atoms with Crippen molar-refractivity contribution in [2.24, 2.45) is 11.7 Å². The Kier molecular flexibility index (Phi) is 9.09. The van der Waals surface area contributed by atoms with Crippen molar-refractivity contribution in [2.75, 3.05) is 27.2 Å². The van der Waals surface area contributed by atoms with Crippen molar-refractivity contribution in [3.63, 3.8) is 0 Å². The molecule has 0 fully saturated rings. The number of nitrogens with one attached hydrogen (secondary N) is 1. The second kappa shape index (κ2) is 9.42. The summed E-state index contributed by atoms with van der Waals surface area (Å²) in [4.78, 5) is 13.8. The molecular formula is C13H29N3O. The Balaban J connectivity index is 4.13. The SMILES string of the molecule is CCC(CC)C(CNC(=O)CCCN)N(C)C. The van der Waals surface area contributed by atoms with Crippen LogP contribution in [0.5, 0.6) is 0 Å². The van der Waals surface area contributed by atoms with E-state index in [-0.39, 0.29) is 5.91 Å². The van der Waals surface area contributed by atoms with Crippen LogP contribution in [-0.4, -0.2) is 44.0 Å². The quantitative estimate of drug-likeness (QED) is 0.640. The van der Waals surface area contributed by atoms with E-state index in [9.17, 15) is 4.79 Å². The maximum absolute atomic E-state index is 11.5. The Labute approximate surface area is 106 Å². The van der Waals surface area contributed by atoms with Gasteiger partial charge in [0.15, 0.2) is 0 Å². The third kappa shape index (κ3) is 6.64. The van der Waals surface area contributed by atoms with Crippen molar-refractivity contribution in [3.8, 4) is 0 Å². The standard InChI is InChI=1S/C13H29N3O/c1-5-11(6-2)12(16(3)4)10-15-13(17)8-7-9-14/h11-12H,5-10,14H2,1-4H3,(H,15,17). The lowest BCUT2D eigenvalue weighted by Gasteiger charge is -2.31. The molecule has 0 aliphatic rings. The molecule has 0 radical (unpaired) electrons. The molecule has 102 valence electrons. The zero-order valence-electron chi connectivity index (χ0n) is 11.8. The first-order valence-electron chi connectivity index (χ1n) is 6.69. The number of nitrogens with two attached hydrogens (primary N) is 1. The van der Waals surface area contributed by atoms with Crippen LogP contribution >= 0.6 is 0 Å². The first-order valence-corrected chi connectivity index (χ1v) is 6.69. The maximum Gasteiger partial charge on any atom is 0.220 e. The van der Waals surface area contributed by atoms with E-state index in [1.165, 1.54) is 0 Å². The van der Waals surface area contributed by atoms with Gasteiger partial charge in [-0.05, 0) is 33.0 Å². The summed E-state index contributed by atoms with van der Waals surface area (Å²) in [5.41, 5.74) is 5.38. The minimum Gasteiger partial charge on any atom is -0.355 e. The highest BCUT2D eigenvalue weighted by atomic mass is 16.1. The fraction of sp³-hybridized carbons (Fsp3) is 0.923.